The molecule has 0 amide bonds. The van der Waals surface area contributed by atoms with Gasteiger partial charge in [0.25, 0.3) is 0 Å². The second-order valence-electron chi connectivity index (χ2n) is 4.90. The number of aliphatic hydroxyl groups excluding tert-OH is 1. The van der Waals surface area contributed by atoms with E-state index >= 15 is 0 Å². The van der Waals surface area contributed by atoms with Crippen LogP contribution in [0.1, 0.15) is 30.0 Å². The van der Waals surface area contributed by atoms with Crippen LogP contribution in [-0.4, -0.2) is 19.9 Å². The van der Waals surface area contributed by atoms with Gasteiger partial charge in [-0.05, 0) is 30.0 Å². The molecule has 1 unspecified atom stereocenters. The molecule has 1 atom stereocenters. The first-order chi connectivity index (χ1) is 9.67. The molecule has 20 heavy (non-hydrogen) atoms. The standard InChI is InChI=1S/C15H17N3OS/c1-3-11-7-12(18(2)17-11)8-14(19)10-6-15-13(16-9-10)4-5-20-15/h4-7,9,14,19H,3,8H2,1-2H3. The third kappa shape index (κ3) is 2.46. The summed E-state index contributed by atoms with van der Waals surface area (Å²) < 4.78 is 2.96. The molecular weight excluding hydrogens is 270 g/mol. The fraction of sp³-hybridized carbons (Fsp3) is 0.333. The Hall–Kier alpha value is -1.72. The van der Waals surface area contributed by atoms with Gasteiger partial charge in [0.05, 0.1) is 22.0 Å². The molecule has 5 heteroatoms. The van der Waals surface area contributed by atoms with E-state index in [0.29, 0.717) is 6.42 Å². The molecule has 0 aliphatic heterocycles. The minimum atomic E-state index is -0.547. The van der Waals surface area contributed by atoms with E-state index in [9.17, 15) is 5.11 Å². The molecule has 0 aliphatic rings. The summed E-state index contributed by atoms with van der Waals surface area (Å²) in [6.07, 6.45) is 2.68. The van der Waals surface area contributed by atoms with E-state index in [1.165, 1.54) is 0 Å². The van der Waals surface area contributed by atoms with Gasteiger partial charge in [-0.3, -0.25) is 9.67 Å². The number of rotatable bonds is 4. The maximum absolute atomic E-state index is 10.4. The second-order valence-corrected chi connectivity index (χ2v) is 5.84. The van der Waals surface area contributed by atoms with Gasteiger partial charge in [-0.15, -0.1) is 11.3 Å². The third-order valence-corrected chi connectivity index (χ3v) is 4.35. The highest BCUT2D eigenvalue weighted by Gasteiger charge is 2.13. The maximum Gasteiger partial charge on any atom is 0.0860 e. The Morgan fingerprint density at radius 1 is 1.40 bits per heavy atom. The van der Waals surface area contributed by atoms with E-state index in [1.807, 2.05) is 29.2 Å². The number of thiophene rings is 1. The summed E-state index contributed by atoms with van der Waals surface area (Å²) in [6, 6.07) is 6.07. The van der Waals surface area contributed by atoms with Crippen molar-refractivity contribution >= 4 is 21.6 Å². The molecule has 0 bridgehead atoms. The van der Waals surface area contributed by atoms with Gasteiger partial charge in [0.1, 0.15) is 0 Å². The van der Waals surface area contributed by atoms with Crippen molar-refractivity contribution in [3.8, 4) is 0 Å². The fourth-order valence-corrected chi connectivity index (χ4v) is 3.08. The van der Waals surface area contributed by atoms with Crippen LogP contribution in [0.5, 0.6) is 0 Å². The van der Waals surface area contributed by atoms with Crippen LogP contribution in [0.15, 0.2) is 29.8 Å². The Morgan fingerprint density at radius 3 is 3.00 bits per heavy atom. The second kappa shape index (κ2) is 5.34. The Labute approximate surface area is 121 Å². The Kier molecular flexibility index (Phi) is 3.54. The largest absolute Gasteiger partial charge is 0.388 e. The van der Waals surface area contributed by atoms with E-state index in [4.69, 9.17) is 0 Å². The van der Waals surface area contributed by atoms with Crippen LogP contribution < -0.4 is 0 Å². The summed E-state index contributed by atoms with van der Waals surface area (Å²) in [5.74, 6) is 0. The van der Waals surface area contributed by atoms with Gasteiger partial charge in [-0.2, -0.15) is 5.10 Å². The van der Waals surface area contributed by atoms with Crippen molar-refractivity contribution in [2.45, 2.75) is 25.9 Å². The highest BCUT2D eigenvalue weighted by molar-refractivity contribution is 7.17. The fourth-order valence-electron chi connectivity index (χ4n) is 2.30. The molecule has 0 saturated carbocycles. The summed E-state index contributed by atoms with van der Waals surface area (Å²) in [6.45, 7) is 2.08. The zero-order valence-electron chi connectivity index (χ0n) is 11.6. The average molecular weight is 287 g/mol. The molecule has 3 aromatic heterocycles. The summed E-state index contributed by atoms with van der Waals surface area (Å²) in [5, 5.41) is 16.8. The molecular formula is C15H17N3OS. The lowest BCUT2D eigenvalue weighted by Gasteiger charge is -2.10. The van der Waals surface area contributed by atoms with Gasteiger partial charge in [-0.25, -0.2) is 0 Å². The first-order valence-electron chi connectivity index (χ1n) is 6.70. The molecule has 0 radical (unpaired) electrons. The van der Waals surface area contributed by atoms with E-state index in [-0.39, 0.29) is 0 Å². The maximum atomic E-state index is 10.4. The number of aliphatic hydroxyl groups is 1. The highest BCUT2D eigenvalue weighted by Crippen LogP contribution is 2.24. The lowest BCUT2D eigenvalue weighted by Crippen LogP contribution is -2.06. The lowest BCUT2D eigenvalue weighted by atomic mass is 10.1. The predicted octanol–water partition coefficient (Wildman–Crippen LogP) is 2.87. The van der Waals surface area contributed by atoms with Crippen molar-refractivity contribution in [1.82, 2.24) is 14.8 Å². The summed E-state index contributed by atoms with van der Waals surface area (Å²) >= 11 is 1.64. The van der Waals surface area contributed by atoms with E-state index in [1.54, 1.807) is 17.5 Å². The molecule has 104 valence electrons. The molecule has 0 fully saturated rings. The van der Waals surface area contributed by atoms with E-state index in [2.05, 4.69) is 23.1 Å². The first-order valence-corrected chi connectivity index (χ1v) is 7.58. The molecule has 0 aromatic carbocycles. The zero-order chi connectivity index (χ0) is 14.1. The van der Waals surface area contributed by atoms with Crippen molar-refractivity contribution < 1.29 is 5.11 Å². The van der Waals surface area contributed by atoms with Crippen molar-refractivity contribution in [3.63, 3.8) is 0 Å². The molecule has 3 heterocycles. The quantitative estimate of drug-likeness (QED) is 0.802. The SMILES string of the molecule is CCc1cc(CC(O)c2cnc3ccsc3c2)n(C)n1. The van der Waals surface area contributed by atoms with Crippen molar-refractivity contribution in [3.05, 3.63) is 46.7 Å². The van der Waals surface area contributed by atoms with Crippen LogP contribution in [0.4, 0.5) is 0 Å². The van der Waals surface area contributed by atoms with Gasteiger partial charge in [0.2, 0.25) is 0 Å². The van der Waals surface area contributed by atoms with Gasteiger partial charge < -0.3 is 5.11 Å². The normalized spacial score (nSPS) is 12.9. The molecule has 4 nitrogen and oxygen atoms in total. The zero-order valence-corrected chi connectivity index (χ0v) is 12.4. The summed E-state index contributed by atoms with van der Waals surface area (Å²) in [4.78, 5) is 4.38. The van der Waals surface area contributed by atoms with Gasteiger partial charge in [0.15, 0.2) is 0 Å². The van der Waals surface area contributed by atoms with Crippen LogP contribution in [-0.2, 0) is 19.9 Å². The number of nitrogens with zero attached hydrogens (tertiary/aromatic N) is 3. The van der Waals surface area contributed by atoms with E-state index < -0.39 is 6.10 Å². The average Bonchev–Trinajstić information content (AvgIpc) is 3.04. The number of fused-ring (bicyclic) bond motifs is 1. The number of aromatic nitrogens is 3. The number of aryl methyl sites for hydroxylation is 2. The third-order valence-electron chi connectivity index (χ3n) is 3.50. The van der Waals surface area contributed by atoms with Gasteiger partial charge in [-0.1, -0.05) is 6.92 Å². The van der Waals surface area contributed by atoms with Gasteiger partial charge in [0, 0.05) is 30.9 Å². The monoisotopic (exact) mass is 287 g/mol. The van der Waals surface area contributed by atoms with E-state index in [0.717, 1.165) is 33.6 Å². The van der Waals surface area contributed by atoms with Crippen LogP contribution >= 0.6 is 11.3 Å². The summed E-state index contributed by atoms with van der Waals surface area (Å²) in [5.41, 5.74) is 3.95. The smallest absolute Gasteiger partial charge is 0.0860 e. The highest BCUT2D eigenvalue weighted by atomic mass is 32.1. The van der Waals surface area contributed by atoms with Crippen LogP contribution in [0.2, 0.25) is 0 Å². The topological polar surface area (TPSA) is 50.9 Å². The minimum absolute atomic E-state index is 0.547. The first kappa shape index (κ1) is 13.3. The number of pyridine rings is 1. The van der Waals surface area contributed by atoms with Crippen LogP contribution in [0.3, 0.4) is 0 Å². The summed E-state index contributed by atoms with van der Waals surface area (Å²) in [7, 11) is 1.92. The van der Waals surface area contributed by atoms with Crippen molar-refractivity contribution in [2.75, 3.05) is 0 Å². The molecule has 3 rings (SSSR count). The van der Waals surface area contributed by atoms with Gasteiger partial charge >= 0.3 is 0 Å². The minimum Gasteiger partial charge on any atom is -0.388 e. The predicted molar refractivity (Wildman–Crippen MR) is 80.9 cm³/mol. The van der Waals surface area contributed by atoms with Crippen LogP contribution in [0.25, 0.3) is 10.2 Å². The molecule has 3 aromatic rings. The molecule has 0 spiro atoms. The van der Waals surface area contributed by atoms with Crippen LogP contribution in [0, 0.1) is 0 Å². The molecule has 1 N–H and O–H groups in total. The number of hydrogen-bond donors (Lipinski definition) is 1. The lowest BCUT2D eigenvalue weighted by molar-refractivity contribution is 0.175. The van der Waals surface area contributed by atoms with Crippen molar-refractivity contribution in [1.29, 1.82) is 0 Å². The Bertz CT molecular complexity index is 732. The Balaban J connectivity index is 1.84. The van der Waals surface area contributed by atoms with Crippen molar-refractivity contribution in [2.24, 2.45) is 7.05 Å². The Morgan fingerprint density at radius 2 is 2.25 bits per heavy atom. The molecule has 0 aliphatic carbocycles. The molecule has 0 saturated heterocycles. The number of hydrogen-bond acceptors (Lipinski definition) is 4.